The van der Waals surface area contributed by atoms with Gasteiger partial charge in [-0.15, -0.1) is 11.3 Å². The SMILES string of the molecule is O=C(c1ccccc1Cl)n1ccc(/C=C/c2cccs2)n1. The predicted octanol–water partition coefficient (Wildman–Crippen LogP) is 4.46. The first-order chi connectivity index (χ1) is 10.2. The fourth-order valence-corrected chi connectivity index (χ4v) is 2.69. The fraction of sp³-hybridized carbons (Fsp3) is 0. The lowest BCUT2D eigenvalue weighted by Crippen LogP contribution is -2.13. The van der Waals surface area contributed by atoms with Crippen LogP contribution in [0.5, 0.6) is 0 Å². The van der Waals surface area contributed by atoms with Crippen molar-refractivity contribution in [2.24, 2.45) is 0 Å². The van der Waals surface area contributed by atoms with Crippen molar-refractivity contribution >= 4 is 41.0 Å². The van der Waals surface area contributed by atoms with E-state index in [2.05, 4.69) is 5.10 Å². The summed E-state index contributed by atoms with van der Waals surface area (Å²) in [7, 11) is 0. The maximum absolute atomic E-state index is 12.3. The normalized spacial score (nSPS) is 11.1. The van der Waals surface area contributed by atoms with E-state index in [-0.39, 0.29) is 5.91 Å². The molecule has 5 heteroatoms. The molecule has 0 aliphatic carbocycles. The van der Waals surface area contributed by atoms with Crippen LogP contribution < -0.4 is 0 Å². The van der Waals surface area contributed by atoms with Crippen LogP contribution in [-0.4, -0.2) is 15.7 Å². The van der Waals surface area contributed by atoms with E-state index in [9.17, 15) is 4.79 Å². The smallest absolute Gasteiger partial charge is 0.267 e. The van der Waals surface area contributed by atoms with Crippen LogP contribution in [0.1, 0.15) is 20.9 Å². The van der Waals surface area contributed by atoms with Crippen LogP contribution in [0.4, 0.5) is 0 Å². The monoisotopic (exact) mass is 314 g/mol. The molecule has 0 saturated heterocycles. The highest BCUT2D eigenvalue weighted by Crippen LogP contribution is 2.17. The molecule has 1 aromatic carbocycles. The Bertz CT molecular complexity index is 790. The molecular formula is C16H11ClN2OS. The molecule has 0 radical (unpaired) electrons. The number of nitrogens with zero attached hydrogens (tertiary/aromatic N) is 2. The summed E-state index contributed by atoms with van der Waals surface area (Å²) in [6, 6.07) is 12.7. The topological polar surface area (TPSA) is 34.9 Å². The second-order valence-electron chi connectivity index (χ2n) is 4.32. The maximum Gasteiger partial charge on any atom is 0.279 e. The lowest BCUT2D eigenvalue weighted by Gasteiger charge is -2.02. The molecule has 2 aromatic heterocycles. The quantitative estimate of drug-likeness (QED) is 0.715. The maximum atomic E-state index is 12.3. The van der Waals surface area contributed by atoms with E-state index >= 15 is 0 Å². The van der Waals surface area contributed by atoms with Gasteiger partial charge in [-0.25, -0.2) is 4.68 Å². The summed E-state index contributed by atoms with van der Waals surface area (Å²) in [5.41, 5.74) is 1.17. The van der Waals surface area contributed by atoms with Gasteiger partial charge < -0.3 is 0 Å². The molecule has 3 aromatic rings. The number of hydrogen-bond acceptors (Lipinski definition) is 3. The van der Waals surface area contributed by atoms with E-state index in [4.69, 9.17) is 11.6 Å². The van der Waals surface area contributed by atoms with Gasteiger partial charge in [0.1, 0.15) is 0 Å². The number of aromatic nitrogens is 2. The third kappa shape index (κ3) is 3.12. The van der Waals surface area contributed by atoms with Gasteiger partial charge in [0.05, 0.1) is 16.3 Å². The molecule has 0 saturated carbocycles. The number of thiophene rings is 1. The van der Waals surface area contributed by atoms with Crippen molar-refractivity contribution in [1.82, 2.24) is 9.78 Å². The van der Waals surface area contributed by atoms with Gasteiger partial charge in [-0.1, -0.05) is 29.8 Å². The summed E-state index contributed by atoms with van der Waals surface area (Å²) >= 11 is 7.68. The summed E-state index contributed by atoms with van der Waals surface area (Å²) in [4.78, 5) is 13.4. The number of halogens is 1. The van der Waals surface area contributed by atoms with Crippen molar-refractivity contribution in [1.29, 1.82) is 0 Å². The Labute approximate surface area is 131 Å². The highest BCUT2D eigenvalue weighted by atomic mass is 35.5. The van der Waals surface area contributed by atoms with E-state index in [0.29, 0.717) is 10.6 Å². The summed E-state index contributed by atoms with van der Waals surface area (Å²) < 4.78 is 1.30. The van der Waals surface area contributed by atoms with Crippen LogP contribution in [0.3, 0.4) is 0 Å². The average molecular weight is 315 g/mol. The second-order valence-corrected chi connectivity index (χ2v) is 5.71. The standard InChI is InChI=1S/C16H11ClN2OS/c17-15-6-2-1-5-14(15)16(20)19-10-9-12(18-19)7-8-13-4-3-11-21-13/h1-11H/b8-7+. The average Bonchev–Trinajstić information content (AvgIpc) is 3.16. The van der Waals surface area contributed by atoms with Gasteiger partial charge in [-0.05, 0) is 41.8 Å². The molecule has 0 unspecified atom stereocenters. The first kappa shape index (κ1) is 13.8. The molecule has 0 N–H and O–H groups in total. The molecule has 0 bridgehead atoms. The molecule has 3 nitrogen and oxygen atoms in total. The van der Waals surface area contributed by atoms with E-state index in [1.807, 2.05) is 29.7 Å². The summed E-state index contributed by atoms with van der Waals surface area (Å²) in [5, 5.41) is 6.69. The van der Waals surface area contributed by atoms with Crippen LogP contribution in [-0.2, 0) is 0 Å². The zero-order valence-electron chi connectivity index (χ0n) is 10.9. The van der Waals surface area contributed by atoms with Crippen LogP contribution in [0.25, 0.3) is 12.2 Å². The Balaban J connectivity index is 1.82. The van der Waals surface area contributed by atoms with E-state index < -0.39 is 0 Å². The van der Waals surface area contributed by atoms with Crippen LogP contribution in [0.2, 0.25) is 5.02 Å². The summed E-state index contributed by atoms with van der Waals surface area (Å²) in [6.45, 7) is 0. The molecule has 2 heterocycles. The Morgan fingerprint density at radius 2 is 2.00 bits per heavy atom. The Morgan fingerprint density at radius 1 is 1.14 bits per heavy atom. The van der Waals surface area contributed by atoms with Crippen molar-refractivity contribution in [3.8, 4) is 0 Å². The predicted molar refractivity (Wildman–Crippen MR) is 86.7 cm³/mol. The lowest BCUT2D eigenvalue weighted by molar-refractivity contribution is 0.0945. The lowest BCUT2D eigenvalue weighted by atomic mass is 10.2. The number of hydrogen-bond donors (Lipinski definition) is 0. The molecule has 0 spiro atoms. The van der Waals surface area contributed by atoms with Gasteiger partial charge >= 0.3 is 0 Å². The molecule has 0 amide bonds. The highest BCUT2D eigenvalue weighted by Gasteiger charge is 2.12. The summed E-state index contributed by atoms with van der Waals surface area (Å²) in [5.74, 6) is -0.239. The van der Waals surface area contributed by atoms with E-state index in [1.165, 1.54) is 4.68 Å². The molecule has 0 atom stereocenters. The molecule has 3 rings (SSSR count). The highest BCUT2D eigenvalue weighted by molar-refractivity contribution is 7.10. The first-order valence-corrected chi connectivity index (χ1v) is 7.56. The van der Waals surface area contributed by atoms with Gasteiger partial charge in [0.2, 0.25) is 0 Å². The van der Waals surface area contributed by atoms with Gasteiger partial charge in [0.25, 0.3) is 5.91 Å². The molecule has 0 fully saturated rings. The Kier molecular flexibility index (Phi) is 3.99. The van der Waals surface area contributed by atoms with Crippen LogP contribution in [0, 0.1) is 0 Å². The zero-order valence-corrected chi connectivity index (χ0v) is 12.5. The third-order valence-electron chi connectivity index (χ3n) is 2.88. The van der Waals surface area contributed by atoms with Crippen molar-refractivity contribution in [2.75, 3.05) is 0 Å². The van der Waals surface area contributed by atoms with Gasteiger partial charge in [0, 0.05) is 11.1 Å². The van der Waals surface area contributed by atoms with Gasteiger partial charge in [-0.3, -0.25) is 4.79 Å². The second kappa shape index (κ2) is 6.08. The summed E-state index contributed by atoms with van der Waals surface area (Å²) in [6.07, 6.45) is 5.49. The van der Waals surface area contributed by atoms with Gasteiger partial charge in [0.15, 0.2) is 0 Å². The minimum atomic E-state index is -0.239. The number of benzene rings is 1. The van der Waals surface area contributed by atoms with E-state index in [1.54, 1.807) is 47.9 Å². The minimum absolute atomic E-state index is 0.239. The van der Waals surface area contributed by atoms with Crippen molar-refractivity contribution < 1.29 is 4.79 Å². The molecule has 0 aliphatic rings. The van der Waals surface area contributed by atoms with Crippen molar-refractivity contribution in [3.05, 3.63) is 75.2 Å². The minimum Gasteiger partial charge on any atom is -0.267 e. The Morgan fingerprint density at radius 3 is 2.76 bits per heavy atom. The van der Waals surface area contributed by atoms with Gasteiger partial charge in [-0.2, -0.15) is 5.10 Å². The third-order valence-corrected chi connectivity index (χ3v) is 4.05. The zero-order chi connectivity index (χ0) is 14.7. The largest absolute Gasteiger partial charge is 0.279 e. The first-order valence-electron chi connectivity index (χ1n) is 6.30. The molecule has 21 heavy (non-hydrogen) atoms. The van der Waals surface area contributed by atoms with Crippen LogP contribution in [0.15, 0.2) is 54.0 Å². The van der Waals surface area contributed by atoms with E-state index in [0.717, 1.165) is 10.6 Å². The molecule has 104 valence electrons. The number of rotatable bonds is 3. The Hall–Kier alpha value is -2.17. The molecular weight excluding hydrogens is 304 g/mol. The fourth-order valence-electron chi connectivity index (χ4n) is 1.85. The van der Waals surface area contributed by atoms with Crippen molar-refractivity contribution in [2.45, 2.75) is 0 Å². The molecule has 0 aliphatic heterocycles. The number of carbonyl (C=O) groups excluding carboxylic acids is 1. The van der Waals surface area contributed by atoms with Crippen LogP contribution >= 0.6 is 22.9 Å². The van der Waals surface area contributed by atoms with Crippen molar-refractivity contribution in [3.63, 3.8) is 0 Å². The number of carbonyl (C=O) groups is 1.